The van der Waals surface area contributed by atoms with Crippen molar-refractivity contribution in [1.82, 2.24) is 10.3 Å². The lowest BCUT2D eigenvalue weighted by molar-refractivity contribution is 0.0618. The van der Waals surface area contributed by atoms with Crippen LogP contribution in [0.5, 0.6) is 5.75 Å². The van der Waals surface area contributed by atoms with Gasteiger partial charge in [-0.1, -0.05) is 25.1 Å². The number of aromatic nitrogens is 1. The van der Waals surface area contributed by atoms with E-state index in [-0.39, 0.29) is 17.6 Å². The molecule has 0 radical (unpaired) electrons. The number of ether oxygens (including phenoxy) is 1. The molecule has 0 saturated heterocycles. The maximum Gasteiger partial charge on any atom is 0.274 e. The molecule has 1 atom stereocenters. The molecular weight excluding hydrogens is 280 g/mol. The number of aryl methyl sites for hydroxylation is 1. The summed E-state index contributed by atoms with van der Waals surface area (Å²) < 4.78 is 11.2. The maximum atomic E-state index is 12.5. The Kier molecular flexibility index (Phi) is 3.64. The van der Waals surface area contributed by atoms with Crippen molar-refractivity contribution in [3.8, 4) is 5.75 Å². The van der Waals surface area contributed by atoms with Gasteiger partial charge in [-0.15, -0.1) is 0 Å². The first-order valence-electron chi connectivity index (χ1n) is 7.51. The number of nitrogens with one attached hydrogen (secondary N) is 1. The second-order valence-electron chi connectivity index (χ2n) is 6.11. The van der Waals surface area contributed by atoms with E-state index in [2.05, 4.69) is 10.3 Å². The zero-order chi connectivity index (χ0) is 15.7. The molecule has 116 valence electrons. The van der Waals surface area contributed by atoms with Crippen molar-refractivity contribution < 1.29 is 13.9 Å². The van der Waals surface area contributed by atoms with Crippen molar-refractivity contribution in [2.75, 3.05) is 0 Å². The van der Waals surface area contributed by atoms with Crippen LogP contribution in [-0.4, -0.2) is 16.5 Å². The number of oxazole rings is 1. The molecular formula is C17H20N2O3. The maximum absolute atomic E-state index is 12.5. The van der Waals surface area contributed by atoms with Crippen LogP contribution in [0.15, 0.2) is 35.1 Å². The number of benzene rings is 1. The molecule has 0 fully saturated rings. The van der Waals surface area contributed by atoms with Gasteiger partial charge >= 0.3 is 0 Å². The average molecular weight is 300 g/mol. The average Bonchev–Trinajstić information content (AvgIpc) is 2.94. The summed E-state index contributed by atoms with van der Waals surface area (Å²) in [6, 6.07) is 7.70. The summed E-state index contributed by atoms with van der Waals surface area (Å²) in [5.74, 6) is 1.22. The number of carbonyl (C=O) groups excluding carboxylic acids is 1. The molecule has 0 bridgehead atoms. The number of hydrogen-bond acceptors (Lipinski definition) is 4. The monoisotopic (exact) mass is 300 g/mol. The molecule has 1 aliphatic heterocycles. The molecule has 5 heteroatoms. The molecule has 0 spiro atoms. The zero-order valence-corrected chi connectivity index (χ0v) is 13.1. The third kappa shape index (κ3) is 2.71. The van der Waals surface area contributed by atoms with Crippen molar-refractivity contribution in [3.63, 3.8) is 0 Å². The van der Waals surface area contributed by atoms with Gasteiger partial charge < -0.3 is 14.5 Å². The fraction of sp³-hybridized carbons (Fsp3) is 0.412. The van der Waals surface area contributed by atoms with Gasteiger partial charge in [0.05, 0.1) is 6.04 Å². The third-order valence-electron chi connectivity index (χ3n) is 3.86. The molecule has 5 nitrogen and oxygen atoms in total. The predicted molar refractivity (Wildman–Crippen MR) is 81.9 cm³/mol. The molecule has 0 saturated carbocycles. The summed E-state index contributed by atoms with van der Waals surface area (Å²) in [7, 11) is 0. The topological polar surface area (TPSA) is 64.4 Å². The van der Waals surface area contributed by atoms with Crippen molar-refractivity contribution in [3.05, 3.63) is 47.7 Å². The van der Waals surface area contributed by atoms with Crippen molar-refractivity contribution in [2.24, 2.45) is 0 Å². The van der Waals surface area contributed by atoms with Crippen LogP contribution in [0.1, 0.15) is 55.0 Å². The van der Waals surface area contributed by atoms with E-state index in [4.69, 9.17) is 9.15 Å². The Labute approximate surface area is 129 Å². The van der Waals surface area contributed by atoms with Crippen molar-refractivity contribution in [1.29, 1.82) is 0 Å². The summed E-state index contributed by atoms with van der Waals surface area (Å²) in [5.41, 5.74) is 1.03. The number of amides is 1. The highest BCUT2D eigenvalue weighted by Crippen LogP contribution is 2.39. The smallest absolute Gasteiger partial charge is 0.274 e. The Morgan fingerprint density at radius 3 is 2.95 bits per heavy atom. The number of para-hydroxylation sites is 1. The molecule has 1 aromatic heterocycles. The largest absolute Gasteiger partial charge is 0.487 e. The van der Waals surface area contributed by atoms with Gasteiger partial charge in [-0.05, 0) is 19.9 Å². The quantitative estimate of drug-likeness (QED) is 0.945. The number of hydrogen-bond donors (Lipinski definition) is 1. The highest BCUT2D eigenvalue weighted by atomic mass is 16.5. The highest BCUT2D eigenvalue weighted by Gasteiger charge is 2.35. The molecule has 3 rings (SSSR count). The van der Waals surface area contributed by atoms with E-state index in [9.17, 15) is 4.79 Å². The van der Waals surface area contributed by atoms with Gasteiger partial charge in [0.2, 0.25) is 0 Å². The molecule has 1 N–H and O–H groups in total. The highest BCUT2D eigenvalue weighted by molar-refractivity contribution is 5.93. The Morgan fingerprint density at radius 2 is 2.18 bits per heavy atom. The molecule has 2 heterocycles. The van der Waals surface area contributed by atoms with E-state index >= 15 is 0 Å². The lowest BCUT2D eigenvalue weighted by atomic mass is 9.89. The van der Waals surface area contributed by atoms with E-state index in [1.807, 2.05) is 45.0 Å². The van der Waals surface area contributed by atoms with Gasteiger partial charge in [0.1, 0.15) is 17.1 Å². The first-order chi connectivity index (χ1) is 10.5. The van der Waals surface area contributed by atoms with E-state index in [0.717, 1.165) is 11.3 Å². The third-order valence-corrected chi connectivity index (χ3v) is 3.86. The van der Waals surface area contributed by atoms with Crippen LogP contribution in [0, 0.1) is 0 Å². The van der Waals surface area contributed by atoms with Crippen LogP contribution < -0.4 is 10.1 Å². The Morgan fingerprint density at radius 1 is 1.41 bits per heavy atom. The van der Waals surface area contributed by atoms with E-state index in [1.165, 1.54) is 6.39 Å². The first kappa shape index (κ1) is 14.6. The van der Waals surface area contributed by atoms with Gasteiger partial charge in [0, 0.05) is 18.4 Å². The minimum absolute atomic E-state index is 0.103. The van der Waals surface area contributed by atoms with Gasteiger partial charge in [-0.2, -0.15) is 0 Å². The fourth-order valence-electron chi connectivity index (χ4n) is 2.86. The minimum atomic E-state index is -0.330. The Bertz CT molecular complexity index is 691. The van der Waals surface area contributed by atoms with Crippen LogP contribution in [-0.2, 0) is 6.42 Å². The second kappa shape index (κ2) is 5.48. The summed E-state index contributed by atoms with van der Waals surface area (Å²) in [6.07, 6.45) is 2.66. The molecule has 1 aliphatic rings. The summed E-state index contributed by atoms with van der Waals surface area (Å²) >= 11 is 0. The van der Waals surface area contributed by atoms with Gasteiger partial charge in [0.15, 0.2) is 12.1 Å². The molecule has 1 aromatic carbocycles. The van der Waals surface area contributed by atoms with Crippen LogP contribution in [0.25, 0.3) is 0 Å². The number of rotatable bonds is 3. The summed E-state index contributed by atoms with van der Waals surface area (Å²) in [4.78, 5) is 16.5. The normalized spacial score (nSPS) is 19.1. The first-order valence-corrected chi connectivity index (χ1v) is 7.51. The number of fused-ring (bicyclic) bond motifs is 1. The second-order valence-corrected chi connectivity index (χ2v) is 6.11. The molecule has 22 heavy (non-hydrogen) atoms. The fourth-order valence-corrected chi connectivity index (χ4v) is 2.86. The summed E-state index contributed by atoms with van der Waals surface area (Å²) in [6.45, 7) is 5.98. The van der Waals surface area contributed by atoms with E-state index in [1.54, 1.807) is 0 Å². The van der Waals surface area contributed by atoms with Gasteiger partial charge in [-0.25, -0.2) is 4.98 Å². The molecule has 1 amide bonds. The zero-order valence-electron chi connectivity index (χ0n) is 13.1. The van der Waals surface area contributed by atoms with Crippen molar-refractivity contribution >= 4 is 5.91 Å². The van der Waals surface area contributed by atoms with Crippen LogP contribution in [0.4, 0.5) is 0 Å². The Hall–Kier alpha value is -2.30. The molecule has 0 unspecified atom stereocenters. The minimum Gasteiger partial charge on any atom is -0.487 e. The van der Waals surface area contributed by atoms with Crippen molar-refractivity contribution in [2.45, 2.75) is 45.3 Å². The number of carbonyl (C=O) groups is 1. The van der Waals surface area contributed by atoms with Crippen LogP contribution in [0.2, 0.25) is 0 Å². The van der Waals surface area contributed by atoms with Crippen LogP contribution >= 0.6 is 0 Å². The lowest BCUT2D eigenvalue weighted by Gasteiger charge is -2.37. The number of nitrogens with zero attached hydrogens (tertiary/aromatic N) is 1. The molecule has 2 aromatic rings. The molecule has 0 aliphatic carbocycles. The Balaban J connectivity index is 1.87. The standard InChI is InChI=1S/C17H20N2O3/c1-4-13-15(18-10-21-13)16(20)19-12-9-17(2,3)22-14-8-6-5-7-11(12)14/h5-8,10,12H,4,9H2,1-3H3,(H,19,20)/t12-/m1/s1. The summed E-state index contributed by atoms with van der Waals surface area (Å²) in [5, 5.41) is 3.07. The van der Waals surface area contributed by atoms with E-state index in [0.29, 0.717) is 24.3 Å². The van der Waals surface area contributed by atoms with Crippen LogP contribution in [0.3, 0.4) is 0 Å². The van der Waals surface area contributed by atoms with Gasteiger partial charge in [-0.3, -0.25) is 4.79 Å². The van der Waals surface area contributed by atoms with E-state index < -0.39 is 0 Å². The predicted octanol–water partition coefficient (Wildman–Crippen LogP) is 3.27. The lowest BCUT2D eigenvalue weighted by Crippen LogP contribution is -2.41. The SMILES string of the molecule is CCc1ocnc1C(=O)N[C@@H]1CC(C)(C)Oc2ccccc21. The van der Waals surface area contributed by atoms with Gasteiger partial charge in [0.25, 0.3) is 5.91 Å².